The SMILES string of the molecule is CCOC(=O)C(C)(O)[C@@H]1N=C2C[C@@H]3C[C@@H](C3(C)C)[C@]2(C)OC1=O. The van der Waals surface area contributed by atoms with Crippen molar-refractivity contribution in [3.63, 3.8) is 0 Å². The molecule has 3 aliphatic carbocycles. The second-order valence-corrected chi connectivity index (χ2v) is 7.89. The zero-order valence-electron chi connectivity index (χ0n) is 14.4. The molecule has 0 spiro atoms. The van der Waals surface area contributed by atoms with E-state index in [4.69, 9.17) is 9.47 Å². The zero-order chi connectivity index (χ0) is 17.2. The molecule has 5 atom stereocenters. The molecule has 0 aromatic rings. The Hall–Kier alpha value is -1.43. The Kier molecular flexibility index (Phi) is 3.42. The number of carbonyl (C=O) groups is 2. The molecule has 2 bridgehead atoms. The van der Waals surface area contributed by atoms with E-state index in [2.05, 4.69) is 18.8 Å². The van der Waals surface area contributed by atoms with Gasteiger partial charge in [-0.25, -0.2) is 9.59 Å². The minimum absolute atomic E-state index is 0.116. The van der Waals surface area contributed by atoms with E-state index in [-0.39, 0.29) is 17.9 Å². The monoisotopic (exact) mass is 323 g/mol. The van der Waals surface area contributed by atoms with Gasteiger partial charge in [0.1, 0.15) is 0 Å². The van der Waals surface area contributed by atoms with E-state index in [1.807, 2.05) is 6.92 Å². The Morgan fingerprint density at radius 2 is 2.13 bits per heavy atom. The highest BCUT2D eigenvalue weighted by Crippen LogP contribution is 2.63. The summed E-state index contributed by atoms with van der Waals surface area (Å²) in [5, 5.41) is 10.5. The maximum Gasteiger partial charge on any atom is 0.340 e. The smallest absolute Gasteiger partial charge is 0.340 e. The lowest BCUT2D eigenvalue weighted by atomic mass is 9.43. The van der Waals surface area contributed by atoms with Crippen LogP contribution in [0.2, 0.25) is 0 Å². The van der Waals surface area contributed by atoms with Crippen LogP contribution in [0.5, 0.6) is 0 Å². The maximum atomic E-state index is 12.5. The van der Waals surface area contributed by atoms with Crippen LogP contribution >= 0.6 is 0 Å². The summed E-state index contributed by atoms with van der Waals surface area (Å²) in [7, 11) is 0. The molecule has 4 aliphatic rings. The molecule has 3 fully saturated rings. The van der Waals surface area contributed by atoms with Crippen molar-refractivity contribution in [2.24, 2.45) is 22.2 Å². The topological polar surface area (TPSA) is 85.2 Å². The van der Waals surface area contributed by atoms with Gasteiger partial charge in [0.2, 0.25) is 0 Å². The van der Waals surface area contributed by atoms with Gasteiger partial charge in [0.15, 0.2) is 17.2 Å². The van der Waals surface area contributed by atoms with Gasteiger partial charge in [-0.1, -0.05) is 13.8 Å². The van der Waals surface area contributed by atoms with Crippen molar-refractivity contribution >= 4 is 17.7 Å². The summed E-state index contributed by atoms with van der Waals surface area (Å²) in [5.41, 5.74) is -1.84. The van der Waals surface area contributed by atoms with Gasteiger partial charge in [0, 0.05) is 5.92 Å². The second-order valence-electron chi connectivity index (χ2n) is 7.89. The lowest BCUT2D eigenvalue weighted by molar-refractivity contribution is -0.197. The van der Waals surface area contributed by atoms with Gasteiger partial charge >= 0.3 is 11.9 Å². The number of aliphatic hydroxyl groups is 1. The van der Waals surface area contributed by atoms with Crippen molar-refractivity contribution in [1.82, 2.24) is 0 Å². The Labute approximate surface area is 136 Å². The zero-order valence-corrected chi connectivity index (χ0v) is 14.4. The van der Waals surface area contributed by atoms with E-state index in [9.17, 15) is 14.7 Å². The number of rotatable bonds is 3. The molecule has 1 unspecified atom stereocenters. The summed E-state index contributed by atoms with van der Waals surface area (Å²) in [6, 6.07) is -1.26. The molecule has 4 rings (SSSR count). The van der Waals surface area contributed by atoms with Gasteiger partial charge in [-0.3, -0.25) is 4.99 Å². The Morgan fingerprint density at radius 3 is 2.70 bits per heavy atom. The van der Waals surface area contributed by atoms with E-state index in [0.29, 0.717) is 5.92 Å². The average molecular weight is 323 g/mol. The Bertz CT molecular complexity index is 594. The van der Waals surface area contributed by atoms with Gasteiger partial charge < -0.3 is 14.6 Å². The molecule has 6 nitrogen and oxygen atoms in total. The molecule has 0 aromatic carbocycles. The number of nitrogens with zero attached hydrogens (tertiary/aromatic N) is 1. The van der Waals surface area contributed by atoms with Crippen LogP contribution in [-0.2, 0) is 19.1 Å². The van der Waals surface area contributed by atoms with Crippen LogP contribution in [0.4, 0.5) is 0 Å². The standard InChI is InChI=1S/C17H25NO5/c1-6-22-14(20)16(4,21)12-13(19)23-17(5)10-7-9(15(10,2)3)8-11(17)18-12/h9-10,12,21H,6-8H2,1-5H3/t9-,10-,12+,16?,17-/m0/s1. The third-order valence-corrected chi connectivity index (χ3v) is 6.19. The van der Waals surface area contributed by atoms with Crippen LogP contribution in [0, 0.1) is 17.3 Å². The molecule has 6 heteroatoms. The van der Waals surface area contributed by atoms with E-state index in [1.54, 1.807) is 6.92 Å². The first-order valence-corrected chi connectivity index (χ1v) is 8.24. The molecule has 3 saturated carbocycles. The number of aliphatic imine (C=N–C) groups is 1. The molecule has 128 valence electrons. The van der Waals surface area contributed by atoms with Crippen molar-refractivity contribution in [3.8, 4) is 0 Å². The average Bonchev–Trinajstić information content (AvgIpc) is 2.44. The Balaban J connectivity index is 1.94. The van der Waals surface area contributed by atoms with Gasteiger partial charge in [-0.15, -0.1) is 0 Å². The highest BCUT2D eigenvalue weighted by atomic mass is 16.6. The van der Waals surface area contributed by atoms with Gasteiger partial charge in [-0.05, 0) is 44.9 Å². The molecule has 0 aromatic heterocycles. The minimum atomic E-state index is -2.02. The fraction of sp³-hybridized carbons (Fsp3) is 0.824. The molecule has 23 heavy (non-hydrogen) atoms. The summed E-state index contributed by atoms with van der Waals surface area (Å²) < 4.78 is 10.6. The van der Waals surface area contributed by atoms with E-state index < -0.39 is 29.2 Å². The second kappa shape index (κ2) is 4.79. The van der Waals surface area contributed by atoms with Crippen molar-refractivity contribution in [3.05, 3.63) is 0 Å². The largest absolute Gasteiger partial charge is 0.464 e. The molecule has 1 aliphatic heterocycles. The van der Waals surface area contributed by atoms with E-state index in [0.717, 1.165) is 18.6 Å². The van der Waals surface area contributed by atoms with Crippen LogP contribution < -0.4 is 0 Å². The molecular formula is C17H25NO5. The fourth-order valence-corrected chi connectivity index (χ4v) is 4.46. The lowest BCUT2D eigenvalue weighted by Crippen LogP contribution is -2.69. The number of hydrogen-bond acceptors (Lipinski definition) is 6. The fourth-order valence-electron chi connectivity index (χ4n) is 4.46. The number of esters is 2. The third kappa shape index (κ3) is 2.07. The molecule has 0 saturated heterocycles. The number of carbonyl (C=O) groups excluding carboxylic acids is 2. The molecular weight excluding hydrogens is 298 g/mol. The first-order valence-electron chi connectivity index (χ1n) is 8.24. The quantitative estimate of drug-likeness (QED) is 0.795. The highest BCUT2D eigenvalue weighted by molar-refractivity contribution is 6.02. The highest BCUT2D eigenvalue weighted by Gasteiger charge is 2.66. The number of ether oxygens (including phenoxy) is 2. The lowest BCUT2D eigenvalue weighted by Gasteiger charge is -2.64. The third-order valence-electron chi connectivity index (χ3n) is 6.19. The van der Waals surface area contributed by atoms with Crippen LogP contribution in [0.1, 0.15) is 47.5 Å². The van der Waals surface area contributed by atoms with Crippen molar-refractivity contribution in [2.75, 3.05) is 6.61 Å². The first kappa shape index (κ1) is 16.4. The van der Waals surface area contributed by atoms with E-state index >= 15 is 0 Å². The molecule has 1 N–H and O–H groups in total. The van der Waals surface area contributed by atoms with Gasteiger partial charge in [0.05, 0.1) is 12.3 Å². The van der Waals surface area contributed by atoms with Gasteiger partial charge in [0.25, 0.3) is 0 Å². The normalized spacial score (nSPS) is 40.0. The summed E-state index contributed by atoms with van der Waals surface area (Å²) in [5.74, 6) is -0.777. The van der Waals surface area contributed by atoms with Crippen molar-refractivity contribution < 1.29 is 24.2 Å². The summed E-state index contributed by atoms with van der Waals surface area (Å²) in [4.78, 5) is 28.9. The molecule has 0 amide bonds. The summed E-state index contributed by atoms with van der Waals surface area (Å²) >= 11 is 0. The van der Waals surface area contributed by atoms with Crippen LogP contribution in [-0.4, -0.2) is 46.6 Å². The molecule has 0 radical (unpaired) electrons. The van der Waals surface area contributed by atoms with Crippen molar-refractivity contribution in [1.29, 1.82) is 0 Å². The minimum Gasteiger partial charge on any atom is -0.464 e. The van der Waals surface area contributed by atoms with E-state index in [1.165, 1.54) is 6.92 Å². The summed E-state index contributed by atoms with van der Waals surface area (Å²) in [6.45, 7) is 9.33. The van der Waals surface area contributed by atoms with Gasteiger partial charge in [-0.2, -0.15) is 0 Å². The van der Waals surface area contributed by atoms with Crippen LogP contribution in [0.15, 0.2) is 4.99 Å². The van der Waals surface area contributed by atoms with Crippen molar-refractivity contribution in [2.45, 2.75) is 64.7 Å². The summed E-state index contributed by atoms with van der Waals surface area (Å²) in [6.07, 6.45) is 1.76. The Morgan fingerprint density at radius 1 is 1.48 bits per heavy atom. The molecule has 1 heterocycles. The number of hydrogen-bond donors (Lipinski definition) is 1. The maximum absolute atomic E-state index is 12.5. The predicted molar refractivity (Wildman–Crippen MR) is 83.0 cm³/mol. The van der Waals surface area contributed by atoms with Crippen LogP contribution in [0.25, 0.3) is 0 Å². The predicted octanol–water partition coefficient (Wildman–Crippen LogP) is 1.49. The van der Waals surface area contributed by atoms with Crippen LogP contribution in [0.3, 0.4) is 0 Å². The first-order chi connectivity index (χ1) is 10.5.